The molecule has 1 rings (SSSR count). The first kappa shape index (κ1) is 14.7. The van der Waals surface area contributed by atoms with Crippen LogP contribution in [0.5, 0.6) is 0 Å². The molecule has 0 fully saturated rings. The van der Waals surface area contributed by atoms with Gasteiger partial charge in [-0.05, 0) is 12.1 Å². The summed E-state index contributed by atoms with van der Waals surface area (Å²) in [6.45, 7) is 0. The zero-order valence-corrected chi connectivity index (χ0v) is 9.55. The molecule has 0 saturated carbocycles. The SMILES string of the molecule is C.CN(/N=C/c1c(Cl)cccc1Cl)C(=N)N. The van der Waals surface area contributed by atoms with Crippen molar-refractivity contribution in [1.82, 2.24) is 5.01 Å². The number of nitrogens with zero attached hydrogens (tertiary/aromatic N) is 2. The third-order valence-corrected chi connectivity index (χ3v) is 2.37. The van der Waals surface area contributed by atoms with Crippen LogP contribution in [-0.2, 0) is 0 Å². The maximum atomic E-state index is 7.10. The Labute approximate surface area is 105 Å². The molecule has 0 unspecified atom stereocenters. The molecule has 0 aliphatic heterocycles. The van der Waals surface area contributed by atoms with Crippen LogP contribution in [0, 0.1) is 5.41 Å². The van der Waals surface area contributed by atoms with Crippen molar-refractivity contribution in [2.45, 2.75) is 7.43 Å². The summed E-state index contributed by atoms with van der Waals surface area (Å²) in [4.78, 5) is 0. The molecule has 6 heteroatoms. The summed E-state index contributed by atoms with van der Waals surface area (Å²) in [6, 6.07) is 5.17. The van der Waals surface area contributed by atoms with Gasteiger partial charge in [-0.1, -0.05) is 36.7 Å². The van der Waals surface area contributed by atoms with Crippen LogP contribution in [0.3, 0.4) is 0 Å². The third kappa shape index (κ3) is 3.72. The molecule has 16 heavy (non-hydrogen) atoms. The number of halogens is 2. The number of nitrogens with one attached hydrogen (secondary N) is 1. The van der Waals surface area contributed by atoms with Crippen LogP contribution in [-0.4, -0.2) is 24.2 Å². The van der Waals surface area contributed by atoms with Crippen LogP contribution in [0.4, 0.5) is 0 Å². The number of benzene rings is 1. The lowest BCUT2D eigenvalue weighted by atomic mass is 10.2. The normalized spacial score (nSPS) is 9.94. The lowest BCUT2D eigenvalue weighted by Gasteiger charge is -2.09. The van der Waals surface area contributed by atoms with E-state index in [9.17, 15) is 0 Å². The van der Waals surface area contributed by atoms with E-state index < -0.39 is 0 Å². The van der Waals surface area contributed by atoms with E-state index in [4.69, 9.17) is 34.3 Å². The van der Waals surface area contributed by atoms with E-state index >= 15 is 0 Å². The van der Waals surface area contributed by atoms with Crippen LogP contribution in [0.25, 0.3) is 0 Å². The molecule has 0 heterocycles. The van der Waals surface area contributed by atoms with E-state index in [0.29, 0.717) is 15.6 Å². The van der Waals surface area contributed by atoms with Crippen LogP contribution in [0.2, 0.25) is 10.0 Å². The van der Waals surface area contributed by atoms with Gasteiger partial charge in [0.25, 0.3) is 0 Å². The van der Waals surface area contributed by atoms with Crippen LogP contribution < -0.4 is 5.73 Å². The van der Waals surface area contributed by atoms with Crippen molar-refractivity contribution >= 4 is 35.4 Å². The zero-order chi connectivity index (χ0) is 11.4. The topological polar surface area (TPSA) is 65.5 Å². The predicted molar refractivity (Wildman–Crippen MR) is 70.5 cm³/mol. The minimum Gasteiger partial charge on any atom is -0.369 e. The molecular formula is C10H14Cl2N4. The molecule has 0 aliphatic rings. The molecule has 0 saturated heterocycles. The number of hydrogen-bond acceptors (Lipinski definition) is 2. The Morgan fingerprint density at radius 1 is 1.44 bits per heavy atom. The second kappa shape index (κ2) is 6.35. The van der Waals surface area contributed by atoms with Gasteiger partial charge in [-0.25, -0.2) is 5.01 Å². The summed E-state index contributed by atoms with van der Waals surface area (Å²) in [5, 5.41) is 13.2. The zero-order valence-electron chi connectivity index (χ0n) is 8.04. The fourth-order valence-corrected chi connectivity index (χ4v) is 1.34. The number of guanidine groups is 1. The maximum absolute atomic E-state index is 7.10. The van der Waals surface area contributed by atoms with Crippen molar-refractivity contribution in [3.63, 3.8) is 0 Å². The Kier molecular flexibility index (Phi) is 5.85. The molecule has 0 spiro atoms. The van der Waals surface area contributed by atoms with Gasteiger partial charge < -0.3 is 5.73 Å². The molecule has 0 amide bonds. The number of nitrogens with two attached hydrogens (primary N) is 1. The second-order valence-corrected chi connectivity index (χ2v) is 3.60. The van der Waals surface area contributed by atoms with E-state index in [2.05, 4.69) is 5.10 Å². The smallest absolute Gasteiger partial charge is 0.208 e. The quantitative estimate of drug-likeness (QED) is 0.488. The highest BCUT2D eigenvalue weighted by molar-refractivity contribution is 6.38. The minimum absolute atomic E-state index is 0. The lowest BCUT2D eigenvalue weighted by Crippen LogP contribution is -2.28. The van der Waals surface area contributed by atoms with Crippen LogP contribution in [0.15, 0.2) is 23.3 Å². The summed E-state index contributed by atoms with van der Waals surface area (Å²) in [6.07, 6.45) is 1.46. The summed E-state index contributed by atoms with van der Waals surface area (Å²) >= 11 is 11.8. The Bertz CT molecular complexity index is 384. The van der Waals surface area contributed by atoms with Crippen molar-refractivity contribution in [3.8, 4) is 0 Å². The van der Waals surface area contributed by atoms with Gasteiger partial charge in [-0.3, -0.25) is 5.41 Å². The van der Waals surface area contributed by atoms with Crippen LogP contribution in [0.1, 0.15) is 13.0 Å². The van der Waals surface area contributed by atoms with Gasteiger partial charge in [0.2, 0.25) is 5.96 Å². The molecule has 3 N–H and O–H groups in total. The molecule has 0 atom stereocenters. The first-order valence-electron chi connectivity index (χ1n) is 4.08. The van der Waals surface area contributed by atoms with Crippen molar-refractivity contribution in [1.29, 1.82) is 5.41 Å². The van der Waals surface area contributed by atoms with Crippen molar-refractivity contribution in [2.75, 3.05) is 7.05 Å². The van der Waals surface area contributed by atoms with E-state index in [1.54, 1.807) is 25.2 Å². The lowest BCUT2D eigenvalue weighted by molar-refractivity contribution is 0.536. The molecule has 88 valence electrons. The summed E-state index contributed by atoms with van der Waals surface area (Å²) in [7, 11) is 1.56. The molecule has 0 bridgehead atoms. The van der Waals surface area contributed by atoms with Gasteiger partial charge in [0.1, 0.15) is 0 Å². The average Bonchev–Trinajstić information content (AvgIpc) is 2.16. The molecular weight excluding hydrogens is 247 g/mol. The van der Waals surface area contributed by atoms with Crippen LogP contribution >= 0.6 is 23.2 Å². The van der Waals surface area contributed by atoms with E-state index in [0.717, 1.165) is 0 Å². The van der Waals surface area contributed by atoms with E-state index in [1.807, 2.05) is 0 Å². The fourth-order valence-electron chi connectivity index (χ4n) is 0.841. The van der Waals surface area contributed by atoms with E-state index in [-0.39, 0.29) is 13.4 Å². The maximum Gasteiger partial charge on any atom is 0.208 e. The monoisotopic (exact) mass is 260 g/mol. The van der Waals surface area contributed by atoms with Crippen molar-refractivity contribution < 1.29 is 0 Å². The van der Waals surface area contributed by atoms with Gasteiger partial charge in [0, 0.05) is 12.6 Å². The highest BCUT2D eigenvalue weighted by Crippen LogP contribution is 2.22. The molecule has 4 nitrogen and oxygen atoms in total. The molecule has 0 aromatic heterocycles. The fraction of sp³-hybridized carbons (Fsp3) is 0.200. The molecule has 0 aliphatic carbocycles. The predicted octanol–water partition coefficient (Wildman–Crippen LogP) is 2.79. The first-order valence-corrected chi connectivity index (χ1v) is 4.83. The van der Waals surface area contributed by atoms with Gasteiger partial charge >= 0.3 is 0 Å². The van der Waals surface area contributed by atoms with Gasteiger partial charge in [0.05, 0.1) is 16.3 Å². The Morgan fingerprint density at radius 3 is 2.38 bits per heavy atom. The highest BCUT2D eigenvalue weighted by Gasteiger charge is 2.02. The average molecular weight is 261 g/mol. The third-order valence-electron chi connectivity index (χ3n) is 1.71. The van der Waals surface area contributed by atoms with Gasteiger partial charge in [-0.15, -0.1) is 0 Å². The minimum atomic E-state index is -0.158. The molecule has 1 aromatic rings. The largest absolute Gasteiger partial charge is 0.369 e. The Balaban J connectivity index is 0.00000225. The molecule has 1 aromatic carbocycles. The Hall–Kier alpha value is -1.26. The summed E-state index contributed by atoms with van der Waals surface area (Å²) < 4.78 is 0. The standard InChI is InChI=1S/C9H10Cl2N4.CH4/c1-15(9(12)13)14-5-6-7(10)3-2-4-8(6)11;/h2-5H,1H3,(H3,12,13);1H4/b14-5+;. The number of hydrogen-bond donors (Lipinski definition) is 2. The summed E-state index contributed by atoms with van der Waals surface area (Å²) in [5.41, 5.74) is 5.81. The van der Waals surface area contributed by atoms with Gasteiger partial charge in [-0.2, -0.15) is 5.10 Å². The number of hydrazone groups is 1. The first-order chi connectivity index (χ1) is 7.02. The van der Waals surface area contributed by atoms with Crippen molar-refractivity contribution in [3.05, 3.63) is 33.8 Å². The molecule has 0 radical (unpaired) electrons. The van der Waals surface area contributed by atoms with E-state index in [1.165, 1.54) is 11.2 Å². The summed E-state index contributed by atoms with van der Waals surface area (Å²) in [5.74, 6) is -0.158. The second-order valence-electron chi connectivity index (χ2n) is 2.79. The number of rotatable bonds is 2. The highest BCUT2D eigenvalue weighted by atomic mass is 35.5. The Morgan fingerprint density at radius 2 is 1.94 bits per heavy atom. The van der Waals surface area contributed by atoms with Gasteiger partial charge in [0.15, 0.2) is 0 Å². The van der Waals surface area contributed by atoms with Crippen molar-refractivity contribution in [2.24, 2.45) is 10.8 Å².